The molecule has 1 saturated heterocycles. The van der Waals surface area contributed by atoms with Crippen molar-refractivity contribution in [2.75, 3.05) is 33.0 Å². The van der Waals surface area contributed by atoms with Crippen molar-refractivity contribution in [3.05, 3.63) is 51.9 Å². The standard InChI is InChI=1S/C22H23F5N2O6/c1-21(11-33-9-17(23)24)10-32-7-14(35-21)8-34-13-4-2-12(3-5-13)15-6-16(19(28)30)20(31)29-18(15)22(25,26)27/h2-6,14,17H,7-11H2,1H3,(H2,28,30)(H,29,31)/t14-,21+/m0/s1. The van der Waals surface area contributed by atoms with Crippen molar-refractivity contribution in [2.45, 2.75) is 31.2 Å². The van der Waals surface area contributed by atoms with E-state index in [1.165, 1.54) is 24.3 Å². The molecule has 1 aromatic heterocycles. The first-order valence-corrected chi connectivity index (χ1v) is 10.4. The average Bonchev–Trinajstić information content (AvgIpc) is 2.77. The summed E-state index contributed by atoms with van der Waals surface area (Å²) in [5.41, 5.74) is 0.612. The molecule has 1 aliphatic heterocycles. The maximum atomic E-state index is 13.4. The highest BCUT2D eigenvalue weighted by Gasteiger charge is 2.37. The number of hydrogen-bond donors (Lipinski definition) is 2. The van der Waals surface area contributed by atoms with Crippen LogP contribution >= 0.6 is 0 Å². The van der Waals surface area contributed by atoms with E-state index in [1.807, 2.05) is 0 Å². The Balaban J connectivity index is 1.69. The fourth-order valence-electron chi connectivity index (χ4n) is 3.48. The highest BCUT2D eigenvalue weighted by Crippen LogP contribution is 2.36. The zero-order valence-corrected chi connectivity index (χ0v) is 18.5. The van der Waals surface area contributed by atoms with E-state index in [9.17, 15) is 31.5 Å². The molecule has 3 N–H and O–H groups in total. The molecule has 2 heterocycles. The van der Waals surface area contributed by atoms with Crippen LogP contribution in [0.25, 0.3) is 11.1 Å². The highest BCUT2D eigenvalue weighted by atomic mass is 19.4. The van der Waals surface area contributed by atoms with Crippen LogP contribution in [0.5, 0.6) is 5.75 Å². The summed E-state index contributed by atoms with van der Waals surface area (Å²) in [5.74, 6) is -0.867. The number of carbonyl (C=O) groups excluding carboxylic acids is 1. The third-order valence-corrected chi connectivity index (χ3v) is 5.00. The summed E-state index contributed by atoms with van der Waals surface area (Å²) in [6.07, 6.45) is -8.03. The zero-order valence-electron chi connectivity index (χ0n) is 18.5. The van der Waals surface area contributed by atoms with Crippen LogP contribution in [-0.2, 0) is 20.4 Å². The topological polar surface area (TPSA) is 113 Å². The van der Waals surface area contributed by atoms with E-state index < -0.39 is 59.2 Å². The van der Waals surface area contributed by atoms with Crippen molar-refractivity contribution >= 4 is 5.91 Å². The minimum absolute atomic E-state index is 0.0159. The molecule has 1 aliphatic rings. The van der Waals surface area contributed by atoms with Crippen molar-refractivity contribution in [1.82, 2.24) is 4.98 Å². The van der Waals surface area contributed by atoms with Crippen molar-refractivity contribution in [3.8, 4) is 16.9 Å². The lowest BCUT2D eigenvalue weighted by Gasteiger charge is -2.38. The minimum Gasteiger partial charge on any atom is -0.491 e. The van der Waals surface area contributed by atoms with Gasteiger partial charge in [0.1, 0.15) is 41.9 Å². The average molecular weight is 506 g/mol. The van der Waals surface area contributed by atoms with E-state index in [0.29, 0.717) is 5.75 Å². The molecule has 0 unspecified atom stereocenters. The van der Waals surface area contributed by atoms with Gasteiger partial charge in [-0.25, -0.2) is 8.78 Å². The second kappa shape index (κ2) is 10.7. The van der Waals surface area contributed by atoms with E-state index in [-0.39, 0.29) is 32.0 Å². The number of nitrogens with one attached hydrogen (secondary N) is 1. The van der Waals surface area contributed by atoms with Gasteiger partial charge in [0.05, 0.1) is 19.8 Å². The number of hydrogen-bond acceptors (Lipinski definition) is 6. The van der Waals surface area contributed by atoms with Crippen molar-refractivity contribution in [2.24, 2.45) is 5.73 Å². The number of carbonyl (C=O) groups is 1. The molecule has 0 aliphatic carbocycles. The Morgan fingerprint density at radius 1 is 1.29 bits per heavy atom. The first-order chi connectivity index (χ1) is 16.4. The van der Waals surface area contributed by atoms with E-state index in [2.05, 4.69) is 0 Å². The third kappa shape index (κ3) is 6.99. The molecule has 0 radical (unpaired) electrons. The molecular weight excluding hydrogens is 483 g/mol. The number of pyridine rings is 1. The molecule has 35 heavy (non-hydrogen) atoms. The number of rotatable bonds is 9. The lowest BCUT2D eigenvalue weighted by molar-refractivity contribution is -0.219. The number of amides is 1. The molecule has 3 rings (SSSR count). The summed E-state index contributed by atoms with van der Waals surface area (Å²) in [5, 5.41) is 0. The molecule has 0 saturated carbocycles. The van der Waals surface area contributed by atoms with Crippen LogP contribution in [0.4, 0.5) is 22.0 Å². The Morgan fingerprint density at radius 2 is 1.97 bits per heavy atom. The van der Waals surface area contributed by atoms with Gasteiger partial charge in [-0.05, 0) is 30.7 Å². The molecule has 2 atom stereocenters. The van der Waals surface area contributed by atoms with Crippen molar-refractivity contribution < 1.29 is 45.7 Å². The van der Waals surface area contributed by atoms with Crippen molar-refractivity contribution in [1.29, 1.82) is 0 Å². The number of nitrogens with two attached hydrogens (primary N) is 1. The lowest BCUT2D eigenvalue weighted by atomic mass is 10.0. The Morgan fingerprint density at radius 3 is 2.57 bits per heavy atom. The number of alkyl halides is 5. The lowest BCUT2D eigenvalue weighted by Crippen LogP contribution is -2.50. The van der Waals surface area contributed by atoms with Gasteiger partial charge in [-0.1, -0.05) is 12.1 Å². The minimum atomic E-state index is -4.89. The normalized spacial score (nSPS) is 20.7. The first-order valence-electron chi connectivity index (χ1n) is 10.4. The van der Waals surface area contributed by atoms with Gasteiger partial charge in [0.2, 0.25) is 0 Å². The van der Waals surface area contributed by atoms with Gasteiger partial charge in [0.15, 0.2) is 0 Å². The predicted octanol–water partition coefficient (Wildman–Crippen LogP) is 2.99. The van der Waals surface area contributed by atoms with Crippen LogP contribution in [0.1, 0.15) is 23.0 Å². The molecule has 0 bridgehead atoms. The van der Waals surface area contributed by atoms with Gasteiger partial charge < -0.3 is 29.7 Å². The molecule has 13 heteroatoms. The van der Waals surface area contributed by atoms with Crippen LogP contribution in [0.3, 0.4) is 0 Å². The second-order valence-corrected chi connectivity index (χ2v) is 8.11. The molecule has 0 spiro atoms. The quantitative estimate of drug-likeness (QED) is 0.506. The molecule has 192 valence electrons. The predicted molar refractivity (Wildman–Crippen MR) is 112 cm³/mol. The molecule has 1 aromatic carbocycles. The van der Waals surface area contributed by atoms with Gasteiger partial charge in [-0.2, -0.15) is 13.2 Å². The van der Waals surface area contributed by atoms with E-state index in [4.69, 9.17) is 24.7 Å². The Bertz CT molecular complexity index is 1090. The number of H-pyrrole nitrogens is 1. The van der Waals surface area contributed by atoms with Gasteiger partial charge in [0, 0.05) is 5.56 Å². The van der Waals surface area contributed by atoms with Gasteiger partial charge in [0.25, 0.3) is 17.9 Å². The van der Waals surface area contributed by atoms with Crippen molar-refractivity contribution in [3.63, 3.8) is 0 Å². The number of primary amides is 1. The fraction of sp³-hybridized carbons (Fsp3) is 0.455. The molecule has 1 fully saturated rings. The maximum absolute atomic E-state index is 13.4. The highest BCUT2D eigenvalue weighted by molar-refractivity contribution is 5.94. The Kier molecular flexibility index (Phi) is 8.13. The van der Waals surface area contributed by atoms with Crippen LogP contribution in [0.15, 0.2) is 35.1 Å². The second-order valence-electron chi connectivity index (χ2n) is 8.11. The third-order valence-electron chi connectivity index (χ3n) is 5.00. The van der Waals surface area contributed by atoms with Crippen LogP contribution in [0.2, 0.25) is 0 Å². The SMILES string of the molecule is C[C@]1(COCC(F)F)COC[C@@H](COc2ccc(-c3cc(C(N)=O)c(=O)[nH]c3C(F)(F)F)cc2)O1. The number of benzene rings is 1. The molecule has 2 aromatic rings. The van der Waals surface area contributed by atoms with E-state index >= 15 is 0 Å². The van der Waals surface area contributed by atoms with E-state index in [1.54, 1.807) is 11.9 Å². The Labute approximate surface area is 196 Å². The van der Waals surface area contributed by atoms with Gasteiger partial charge in [-0.15, -0.1) is 0 Å². The number of aromatic amines is 1. The molecule has 1 amide bonds. The summed E-state index contributed by atoms with van der Waals surface area (Å²) in [6.45, 7) is 1.18. The van der Waals surface area contributed by atoms with Gasteiger partial charge in [-0.3, -0.25) is 9.59 Å². The monoisotopic (exact) mass is 506 g/mol. The fourth-order valence-corrected chi connectivity index (χ4v) is 3.48. The zero-order chi connectivity index (χ0) is 25.8. The summed E-state index contributed by atoms with van der Waals surface area (Å²) in [6, 6.07) is 6.25. The first kappa shape index (κ1) is 26.6. The summed E-state index contributed by atoms with van der Waals surface area (Å²) < 4.78 is 86.8. The maximum Gasteiger partial charge on any atom is 0.431 e. The molecular formula is C22H23F5N2O6. The number of aromatic nitrogens is 1. The summed E-state index contributed by atoms with van der Waals surface area (Å²) >= 11 is 0. The van der Waals surface area contributed by atoms with Crippen LogP contribution in [-0.4, -0.2) is 62.1 Å². The number of halogens is 5. The van der Waals surface area contributed by atoms with Crippen LogP contribution in [0, 0.1) is 0 Å². The van der Waals surface area contributed by atoms with Gasteiger partial charge >= 0.3 is 6.18 Å². The largest absolute Gasteiger partial charge is 0.491 e. The summed E-state index contributed by atoms with van der Waals surface area (Å²) in [7, 11) is 0. The molecule has 8 nitrogen and oxygen atoms in total. The summed E-state index contributed by atoms with van der Waals surface area (Å²) in [4.78, 5) is 24.9. The Hall–Kier alpha value is -3.03. The van der Waals surface area contributed by atoms with E-state index in [0.717, 1.165) is 6.07 Å². The van der Waals surface area contributed by atoms with Crippen LogP contribution < -0.4 is 16.0 Å². The number of ether oxygens (including phenoxy) is 4. The smallest absolute Gasteiger partial charge is 0.431 e.